The standard InChI is InChI=1S/C25H26N2O3S3/c1-27(18-19-6-3-2-4-7-19)33(29,30)23-14-12-22(13-15-23)26-24(28)20-8-10-21(11-9-20)25-31-16-5-17-32-25/h2-4,6-15,25H,5,16-18H2,1H3,(H,26,28). The first kappa shape index (κ1) is 23.9. The molecule has 3 aromatic rings. The molecule has 0 bridgehead atoms. The Kier molecular flexibility index (Phi) is 7.80. The van der Waals surface area contributed by atoms with E-state index in [2.05, 4.69) is 5.32 Å². The fourth-order valence-corrected chi connectivity index (χ4v) is 7.54. The number of amides is 1. The van der Waals surface area contributed by atoms with Crippen molar-refractivity contribution >= 4 is 45.1 Å². The van der Waals surface area contributed by atoms with Crippen molar-refractivity contribution < 1.29 is 13.2 Å². The molecular formula is C25H26N2O3S3. The van der Waals surface area contributed by atoms with Crippen molar-refractivity contribution in [1.29, 1.82) is 0 Å². The van der Waals surface area contributed by atoms with Gasteiger partial charge in [-0.25, -0.2) is 8.42 Å². The van der Waals surface area contributed by atoms with Crippen LogP contribution in [0.5, 0.6) is 0 Å². The van der Waals surface area contributed by atoms with Gasteiger partial charge in [-0.2, -0.15) is 4.31 Å². The Morgan fingerprint density at radius 2 is 1.58 bits per heavy atom. The highest BCUT2D eigenvalue weighted by Gasteiger charge is 2.21. The predicted molar refractivity (Wildman–Crippen MR) is 138 cm³/mol. The van der Waals surface area contributed by atoms with Crippen LogP contribution in [0.25, 0.3) is 0 Å². The van der Waals surface area contributed by atoms with Crippen LogP contribution < -0.4 is 5.32 Å². The van der Waals surface area contributed by atoms with Crippen LogP contribution in [-0.4, -0.2) is 37.2 Å². The molecule has 1 aliphatic rings. The first-order valence-electron chi connectivity index (χ1n) is 10.7. The van der Waals surface area contributed by atoms with E-state index in [1.165, 1.54) is 39.9 Å². The molecule has 1 fully saturated rings. The number of thioether (sulfide) groups is 2. The van der Waals surface area contributed by atoms with Crippen molar-refractivity contribution in [1.82, 2.24) is 4.31 Å². The minimum atomic E-state index is -3.63. The quantitative estimate of drug-likeness (QED) is 0.457. The number of hydrogen-bond acceptors (Lipinski definition) is 5. The van der Waals surface area contributed by atoms with Gasteiger partial charge in [0.05, 0.1) is 9.48 Å². The molecule has 0 atom stereocenters. The minimum absolute atomic E-state index is 0.186. The fourth-order valence-electron chi connectivity index (χ4n) is 3.49. The molecule has 4 rings (SSSR count). The molecule has 5 nitrogen and oxygen atoms in total. The molecule has 172 valence electrons. The molecule has 1 amide bonds. The highest BCUT2D eigenvalue weighted by Crippen LogP contribution is 2.43. The average Bonchev–Trinajstić information content (AvgIpc) is 2.85. The molecule has 1 heterocycles. The van der Waals surface area contributed by atoms with E-state index in [-0.39, 0.29) is 17.3 Å². The lowest BCUT2D eigenvalue weighted by atomic mass is 10.1. The fraction of sp³-hybridized carbons (Fsp3) is 0.240. The molecule has 0 saturated carbocycles. The Hall–Kier alpha value is -2.26. The van der Waals surface area contributed by atoms with E-state index in [1.54, 1.807) is 19.2 Å². The van der Waals surface area contributed by atoms with Crippen LogP contribution in [-0.2, 0) is 16.6 Å². The Morgan fingerprint density at radius 3 is 2.21 bits per heavy atom. The Bertz CT molecular complexity index is 1180. The Morgan fingerprint density at radius 1 is 0.939 bits per heavy atom. The van der Waals surface area contributed by atoms with Gasteiger partial charge in [0.1, 0.15) is 0 Å². The largest absolute Gasteiger partial charge is 0.322 e. The Balaban J connectivity index is 1.39. The van der Waals surface area contributed by atoms with E-state index < -0.39 is 10.0 Å². The molecule has 0 spiro atoms. The second kappa shape index (κ2) is 10.8. The summed E-state index contributed by atoms with van der Waals surface area (Å²) in [6.07, 6.45) is 1.25. The summed E-state index contributed by atoms with van der Waals surface area (Å²) in [5.74, 6) is 2.13. The second-order valence-electron chi connectivity index (χ2n) is 7.77. The number of hydrogen-bond donors (Lipinski definition) is 1. The van der Waals surface area contributed by atoms with Gasteiger partial charge in [-0.15, -0.1) is 23.5 Å². The normalized spacial score (nSPS) is 14.8. The summed E-state index contributed by atoms with van der Waals surface area (Å²) in [6, 6.07) is 23.4. The van der Waals surface area contributed by atoms with Crippen molar-refractivity contribution in [3.8, 4) is 0 Å². The van der Waals surface area contributed by atoms with Gasteiger partial charge >= 0.3 is 0 Å². The monoisotopic (exact) mass is 498 g/mol. The molecule has 0 unspecified atom stereocenters. The number of carbonyl (C=O) groups is 1. The SMILES string of the molecule is CN(Cc1ccccc1)S(=O)(=O)c1ccc(NC(=O)c2ccc(C3SCCCS3)cc2)cc1. The van der Waals surface area contributed by atoms with Crippen molar-refractivity contribution in [3.05, 3.63) is 95.6 Å². The average molecular weight is 499 g/mol. The van der Waals surface area contributed by atoms with Crippen molar-refractivity contribution in [2.75, 3.05) is 23.9 Å². The maximum absolute atomic E-state index is 12.9. The van der Waals surface area contributed by atoms with Crippen molar-refractivity contribution in [2.45, 2.75) is 22.4 Å². The molecule has 1 aliphatic heterocycles. The zero-order chi connectivity index (χ0) is 23.3. The van der Waals surface area contributed by atoms with Gasteiger partial charge in [0, 0.05) is 24.8 Å². The third-order valence-corrected chi connectivity index (χ3v) is 10.2. The summed E-state index contributed by atoms with van der Waals surface area (Å²) in [7, 11) is -2.07. The number of anilines is 1. The predicted octanol–water partition coefficient (Wildman–Crippen LogP) is 5.63. The van der Waals surface area contributed by atoms with E-state index in [0.717, 1.165) is 5.56 Å². The van der Waals surface area contributed by atoms with Crippen LogP contribution in [0, 0.1) is 0 Å². The molecule has 1 saturated heterocycles. The van der Waals surface area contributed by atoms with Gasteiger partial charge in [0.25, 0.3) is 5.91 Å². The summed E-state index contributed by atoms with van der Waals surface area (Å²) in [5, 5.41) is 2.85. The van der Waals surface area contributed by atoms with Gasteiger partial charge in [0.15, 0.2) is 0 Å². The molecule has 3 aromatic carbocycles. The van der Waals surface area contributed by atoms with Gasteiger partial charge in [-0.05, 0) is 65.5 Å². The van der Waals surface area contributed by atoms with Gasteiger partial charge in [0.2, 0.25) is 10.0 Å². The third-order valence-electron chi connectivity index (χ3n) is 5.34. The zero-order valence-corrected chi connectivity index (χ0v) is 20.8. The number of nitrogens with one attached hydrogen (secondary N) is 1. The molecule has 0 aromatic heterocycles. The van der Waals surface area contributed by atoms with Crippen LogP contribution in [0.15, 0.2) is 83.8 Å². The number of benzene rings is 3. The number of sulfonamides is 1. The molecule has 0 radical (unpaired) electrons. The topological polar surface area (TPSA) is 66.5 Å². The van der Waals surface area contributed by atoms with Crippen LogP contribution in [0.3, 0.4) is 0 Å². The highest BCUT2D eigenvalue weighted by atomic mass is 32.2. The van der Waals surface area contributed by atoms with Crippen LogP contribution in [0.2, 0.25) is 0 Å². The maximum atomic E-state index is 12.9. The number of rotatable bonds is 7. The lowest BCUT2D eigenvalue weighted by molar-refractivity contribution is 0.102. The molecule has 33 heavy (non-hydrogen) atoms. The first-order chi connectivity index (χ1) is 15.9. The van der Waals surface area contributed by atoms with Gasteiger partial charge < -0.3 is 5.32 Å². The van der Waals surface area contributed by atoms with Crippen LogP contribution in [0.1, 0.15) is 32.5 Å². The first-order valence-corrected chi connectivity index (χ1v) is 14.2. The maximum Gasteiger partial charge on any atom is 0.255 e. The lowest BCUT2D eigenvalue weighted by Gasteiger charge is -2.21. The summed E-state index contributed by atoms with van der Waals surface area (Å²) < 4.78 is 27.5. The highest BCUT2D eigenvalue weighted by molar-refractivity contribution is 8.16. The summed E-state index contributed by atoms with van der Waals surface area (Å²) in [6.45, 7) is 0.287. The molecule has 0 aliphatic carbocycles. The van der Waals surface area contributed by atoms with Crippen molar-refractivity contribution in [3.63, 3.8) is 0 Å². The number of carbonyl (C=O) groups excluding carboxylic acids is 1. The number of nitrogens with zero attached hydrogens (tertiary/aromatic N) is 1. The van der Waals surface area contributed by atoms with Gasteiger partial charge in [-0.3, -0.25) is 4.79 Å². The van der Waals surface area contributed by atoms with E-state index in [4.69, 9.17) is 0 Å². The van der Waals surface area contributed by atoms with E-state index in [0.29, 0.717) is 15.8 Å². The third kappa shape index (κ3) is 6.00. The molecular weight excluding hydrogens is 472 g/mol. The van der Waals surface area contributed by atoms with E-state index in [1.807, 2.05) is 78.1 Å². The van der Waals surface area contributed by atoms with Crippen LogP contribution >= 0.6 is 23.5 Å². The minimum Gasteiger partial charge on any atom is -0.322 e. The smallest absolute Gasteiger partial charge is 0.255 e. The van der Waals surface area contributed by atoms with E-state index in [9.17, 15) is 13.2 Å². The molecule has 1 N–H and O–H groups in total. The van der Waals surface area contributed by atoms with E-state index >= 15 is 0 Å². The van der Waals surface area contributed by atoms with Crippen LogP contribution in [0.4, 0.5) is 5.69 Å². The van der Waals surface area contributed by atoms with Crippen molar-refractivity contribution in [2.24, 2.45) is 0 Å². The summed E-state index contributed by atoms with van der Waals surface area (Å²) in [4.78, 5) is 12.8. The lowest BCUT2D eigenvalue weighted by Crippen LogP contribution is -2.26. The second-order valence-corrected chi connectivity index (χ2v) is 12.5. The Labute approximate surface area is 204 Å². The molecule has 8 heteroatoms. The summed E-state index contributed by atoms with van der Waals surface area (Å²) in [5.41, 5.74) is 3.27. The van der Waals surface area contributed by atoms with Gasteiger partial charge in [-0.1, -0.05) is 42.5 Å². The summed E-state index contributed by atoms with van der Waals surface area (Å²) >= 11 is 3.90. The zero-order valence-electron chi connectivity index (χ0n) is 18.3.